The molecule has 1 heterocycles. The Hall–Kier alpha value is -1.62. The Morgan fingerprint density at radius 3 is 2.78 bits per heavy atom. The number of aromatic nitrogens is 2. The summed E-state index contributed by atoms with van der Waals surface area (Å²) < 4.78 is 2.14. The summed E-state index contributed by atoms with van der Waals surface area (Å²) in [5.41, 5.74) is 15.4. The van der Waals surface area contributed by atoms with Crippen LogP contribution in [0.3, 0.4) is 0 Å². The van der Waals surface area contributed by atoms with Crippen molar-refractivity contribution in [3.05, 3.63) is 24.7 Å². The van der Waals surface area contributed by atoms with Gasteiger partial charge in [-0.15, -0.1) is 11.8 Å². The van der Waals surface area contributed by atoms with Crippen LogP contribution in [0.2, 0.25) is 0 Å². The van der Waals surface area contributed by atoms with Gasteiger partial charge in [-0.25, -0.2) is 4.98 Å². The summed E-state index contributed by atoms with van der Waals surface area (Å²) in [5, 5.41) is 0. The van der Waals surface area contributed by atoms with Gasteiger partial charge in [0.1, 0.15) is 0 Å². The lowest BCUT2D eigenvalue weighted by Crippen LogP contribution is -2.01. The number of rotatable bonds is 4. The largest absolute Gasteiger partial charge is 0.397 e. The molecule has 0 bridgehead atoms. The minimum absolute atomic E-state index is 0.629. The predicted molar refractivity (Wildman–Crippen MR) is 78.6 cm³/mol. The molecule has 4 N–H and O–H groups in total. The molecule has 18 heavy (non-hydrogen) atoms. The van der Waals surface area contributed by atoms with Gasteiger partial charge in [-0.2, -0.15) is 0 Å². The molecule has 0 fully saturated rings. The van der Waals surface area contributed by atoms with Crippen LogP contribution < -0.4 is 11.5 Å². The molecule has 0 aliphatic rings. The van der Waals surface area contributed by atoms with Crippen molar-refractivity contribution in [1.29, 1.82) is 0 Å². The number of anilines is 2. The number of thioether (sulfide) groups is 1. The monoisotopic (exact) mass is 262 g/mol. The first kappa shape index (κ1) is 12.8. The van der Waals surface area contributed by atoms with Crippen LogP contribution in [-0.2, 0) is 6.54 Å². The van der Waals surface area contributed by atoms with E-state index < -0.39 is 0 Å². The van der Waals surface area contributed by atoms with Gasteiger partial charge >= 0.3 is 0 Å². The summed E-state index contributed by atoms with van der Waals surface area (Å²) in [4.78, 5) is 5.25. The lowest BCUT2D eigenvalue weighted by molar-refractivity contribution is 0.683. The standard InChI is InChI=1S/C13H18N4S/c1-3-6-17-8-16-7-11(17)9-4-5-10(14)12(15)13(9)18-2/h4-5,7-8H,3,6,14-15H2,1-2H3. The van der Waals surface area contributed by atoms with Gasteiger partial charge in [0.2, 0.25) is 0 Å². The summed E-state index contributed by atoms with van der Waals surface area (Å²) >= 11 is 1.62. The molecule has 2 aromatic rings. The fourth-order valence-electron chi connectivity index (χ4n) is 2.00. The Kier molecular flexibility index (Phi) is 3.81. The third kappa shape index (κ3) is 2.18. The number of hydrogen-bond donors (Lipinski definition) is 2. The van der Waals surface area contributed by atoms with Crippen molar-refractivity contribution in [3.63, 3.8) is 0 Å². The molecule has 5 heteroatoms. The summed E-state index contributed by atoms with van der Waals surface area (Å²) in [6.07, 6.45) is 6.81. The van der Waals surface area contributed by atoms with E-state index in [-0.39, 0.29) is 0 Å². The molecule has 0 atom stereocenters. The van der Waals surface area contributed by atoms with Crippen LogP contribution in [0.5, 0.6) is 0 Å². The second kappa shape index (κ2) is 5.35. The van der Waals surface area contributed by atoms with Crippen LogP contribution in [0.4, 0.5) is 11.4 Å². The highest BCUT2D eigenvalue weighted by Gasteiger charge is 2.13. The van der Waals surface area contributed by atoms with Gasteiger partial charge in [0.15, 0.2) is 0 Å². The van der Waals surface area contributed by atoms with Crippen molar-refractivity contribution in [3.8, 4) is 11.3 Å². The number of nitrogen functional groups attached to an aromatic ring is 2. The lowest BCUT2D eigenvalue weighted by atomic mass is 10.1. The van der Waals surface area contributed by atoms with Crippen LogP contribution in [0.1, 0.15) is 13.3 Å². The second-order valence-electron chi connectivity index (χ2n) is 4.12. The highest BCUT2D eigenvalue weighted by molar-refractivity contribution is 7.98. The van der Waals surface area contributed by atoms with Crippen LogP contribution in [0.25, 0.3) is 11.3 Å². The van der Waals surface area contributed by atoms with E-state index in [9.17, 15) is 0 Å². The van der Waals surface area contributed by atoms with Crippen LogP contribution >= 0.6 is 11.8 Å². The first-order valence-electron chi connectivity index (χ1n) is 5.91. The van der Waals surface area contributed by atoms with Gasteiger partial charge in [-0.3, -0.25) is 0 Å². The third-order valence-electron chi connectivity index (χ3n) is 2.89. The lowest BCUT2D eigenvalue weighted by Gasteiger charge is -2.13. The average Bonchev–Trinajstić information content (AvgIpc) is 2.81. The van der Waals surface area contributed by atoms with Crippen molar-refractivity contribution >= 4 is 23.1 Å². The molecule has 0 radical (unpaired) electrons. The number of nitrogens with two attached hydrogens (primary N) is 2. The van der Waals surface area contributed by atoms with E-state index in [1.54, 1.807) is 11.8 Å². The van der Waals surface area contributed by atoms with E-state index in [2.05, 4.69) is 16.5 Å². The Morgan fingerprint density at radius 2 is 2.11 bits per heavy atom. The number of aryl methyl sites for hydroxylation is 1. The van der Waals surface area contributed by atoms with Crippen LogP contribution in [0.15, 0.2) is 29.6 Å². The quantitative estimate of drug-likeness (QED) is 0.656. The zero-order valence-corrected chi connectivity index (χ0v) is 11.5. The molecule has 0 spiro atoms. The van der Waals surface area contributed by atoms with Crippen molar-refractivity contribution in [1.82, 2.24) is 9.55 Å². The summed E-state index contributed by atoms with van der Waals surface area (Å²) in [7, 11) is 0. The average molecular weight is 262 g/mol. The van der Waals surface area contributed by atoms with Gasteiger partial charge in [0.05, 0.1) is 29.6 Å². The first-order valence-corrected chi connectivity index (χ1v) is 7.14. The van der Waals surface area contributed by atoms with Gasteiger partial charge in [0.25, 0.3) is 0 Å². The maximum atomic E-state index is 6.05. The molecule has 0 amide bonds. The Bertz CT molecular complexity index is 548. The molecule has 4 nitrogen and oxygen atoms in total. The zero-order valence-electron chi connectivity index (χ0n) is 10.7. The molecule has 0 saturated carbocycles. The fraction of sp³-hybridized carbons (Fsp3) is 0.308. The number of imidazole rings is 1. The smallest absolute Gasteiger partial charge is 0.0950 e. The van der Waals surface area contributed by atoms with Crippen LogP contribution in [0, 0.1) is 0 Å². The van der Waals surface area contributed by atoms with Crippen molar-refractivity contribution < 1.29 is 0 Å². The highest BCUT2D eigenvalue weighted by atomic mass is 32.2. The van der Waals surface area contributed by atoms with Crippen LogP contribution in [-0.4, -0.2) is 15.8 Å². The summed E-state index contributed by atoms with van der Waals surface area (Å²) in [5.74, 6) is 0. The molecule has 1 aromatic carbocycles. The normalized spacial score (nSPS) is 10.8. The molecule has 1 aromatic heterocycles. The number of nitrogens with zero attached hydrogens (tertiary/aromatic N) is 2. The minimum Gasteiger partial charge on any atom is -0.397 e. The maximum absolute atomic E-state index is 6.05. The second-order valence-corrected chi connectivity index (χ2v) is 4.94. The van der Waals surface area contributed by atoms with E-state index in [1.807, 2.05) is 30.9 Å². The van der Waals surface area contributed by atoms with E-state index in [0.29, 0.717) is 11.4 Å². The molecule has 0 aliphatic heterocycles. The first-order chi connectivity index (χ1) is 8.69. The molecule has 2 rings (SSSR count). The SMILES string of the molecule is CCCn1cncc1-c1ccc(N)c(N)c1SC. The zero-order chi connectivity index (χ0) is 13.1. The Morgan fingerprint density at radius 1 is 1.33 bits per heavy atom. The molecular formula is C13H18N4S. The van der Waals surface area contributed by atoms with E-state index >= 15 is 0 Å². The number of benzene rings is 1. The van der Waals surface area contributed by atoms with E-state index in [0.717, 1.165) is 29.1 Å². The molecular weight excluding hydrogens is 244 g/mol. The van der Waals surface area contributed by atoms with Gasteiger partial charge < -0.3 is 16.0 Å². The fourth-order valence-corrected chi connectivity index (χ4v) is 2.73. The van der Waals surface area contributed by atoms with E-state index in [4.69, 9.17) is 11.5 Å². The summed E-state index contributed by atoms with van der Waals surface area (Å²) in [6, 6.07) is 3.87. The minimum atomic E-state index is 0.629. The van der Waals surface area contributed by atoms with E-state index in [1.165, 1.54) is 0 Å². The molecule has 0 unspecified atom stereocenters. The van der Waals surface area contributed by atoms with Crippen molar-refractivity contribution in [2.75, 3.05) is 17.7 Å². The Labute approximate surface area is 111 Å². The third-order valence-corrected chi connectivity index (χ3v) is 3.73. The Balaban J connectivity index is 2.56. The van der Waals surface area contributed by atoms with Crippen molar-refractivity contribution in [2.24, 2.45) is 0 Å². The molecule has 0 aliphatic carbocycles. The maximum Gasteiger partial charge on any atom is 0.0950 e. The van der Waals surface area contributed by atoms with Gasteiger partial charge in [-0.1, -0.05) is 6.92 Å². The van der Waals surface area contributed by atoms with Gasteiger partial charge in [-0.05, 0) is 24.8 Å². The topological polar surface area (TPSA) is 69.9 Å². The van der Waals surface area contributed by atoms with Crippen molar-refractivity contribution in [2.45, 2.75) is 24.8 Å². The molecule has 96 valence electrons. The predicted octanol–water partition coefficient (Wildman–Crippen LogP) is 2.85. The summed E-state index contributed by atoms with van der Waals surface area (Å²) in [6.45, 7) is 3.10. The molecule has 0 saturated heterocycles. The number of hydrogen-bond acceptors (Lipinski definition) is 4. The van der Waals surface area contributed by atoms with Gasteiger partial charge in [0, 0.05) is 17.0 Å². The highest BCUT2D eigenvalue weighted by Crippen LogP contribution is 2.37.